The number of phenolic OH excluding ortho intramolecular Hbond substituents is 1. The molecule has 202 valence electrons. The maximum Gasteiger partial charge on any atom is 0.254 e. The molecule has 5 aliphatic rings. The van der Waals surface area contributed by atoms with Crippen molar-refractivity contribution in [3.63, 3.8) is 0 Å². The van der Waals surface area contributed by atoms with Gasteiger partial charge in [0.05, 0.1) is 17.3 Å². The second-order valence-corrected chi connectivity index (χ2v) is 13.2. The van der Waals surface area contributed by atoms with Gasteiger partial charge in [-0.3, -0.25) is 29.0 Å². The van der Waals surface area contributed by atoms with Crippen molar-refractivity contribution in [3.05, 3.63) is 40.4 Å². The van der Waals surface area contributed by atoms with Gasteiger partial charge in [-0.2, -0.15) is 0 Å². The van der Waals surface area contributed by atoms with Crippen LogP contribution in [0.4, 0.5) is 0 Å². The highest BCUT2D eigenvalue weighted by Gasteiger charge is 2.76. The quantitative estimate of drug-likeness (QED) is 0.214. The SMILES string of the molecule is O=C1C2CC=C3C(CC4(Cl)C(=O)N(CBr)C(=O)C4(Cl)C3c3cc(Cl)ccc3O)C2C(=O)N1C1CCCCC1. The van der Waals surface area contributed by atoms with Gasteiger partial charge in [-0.15, -0.1) is 23.2 Å². The summed E-state index contributed by atoms with van der Waals surface area (Å²) < 4.78 is 0. The first-order chi connectivity index (χ1) is 18.1. The molecule has 38 heavy (non-hydrogen) atoms. The summed E-state index contributed by atoms with van der Waals surface area (Å²) in [5, 5.41) is 11.2. The van der Waals surface area contributed by atoms with Crippen molar-refractivity contribution in [3.8, 4) is 5.75 Å². The normalized spacial score (nSPS) is 37.3. The highest BCUT2D eigenvalue weighted by atomic mass is 79.9. The van der Waals surface area contributed by atoms with Gasteiger partial charge in [0.25, 0.3) is 11.8 Å². The second-order valence-electron chi connectivity index (χ2n) is 11.0. The topological polar surface area (TPSA) is 95.0 Å². The lowest BCUT2D eigenvalue weighted by molar-refractivity contribution is -0.144. The molecular weight excluding hydrogens is 619 g/mol. The van der Waals surface area contributed by atoms with Crippen LogP contribution in [-0.4, -0.2) is 59.8 Å². The summed E-state index contributed by atoms with van der Waals surface area (Å²) >= 11 is 23.9. The third kappa shape index (κ3) is 3.39. The molecule has 0 spiro atoms. The largest absolute Gasteiger partial charge is 0.508 e. The molecule has 2 aliphatic heterocycles. The average Bonchev–Trinajstić information content (AvgIpc) is 3.24. The van der Waals surface area contributed by atoms with Gasteiger partial charge >= 0.3 is 0 Å². The van der Waals surface area contributed by atoms with E-state index in [1.165, 1.54) is 23.1 Å². The minimum absolute atomic E-state index is 0.0749. The number of fused-ring (bicyclic) bond motifs is 4. The van der Waals surface area contributed by atoms with E-state index in [1.807, 2.05) is 6.08 Å². The van der Waals surface area contributed by atoms with Crippen molar-refractivity contribution in [1.82, 2.24) is 9.80 Å². The van der Waals surface area contributed by atoms with Crippen LogP contribution in [0.1, 0.15) is 56.4 Å². The number of likely N-dealkylation sites (tertiary alicyclic amines) is 2. The summed E-state index contributed by atoms with van der Waals surface area (Å²) in [7, 11) is 0. The Bertz CT molecular complexity index is 1300. The van der Waals surface area contributed by atoms with Crippen LogP contribution in [0.15, 0.2) is 29.8 Å². The number of benzene rings is 1. The van der Waals surface area contributed by atoms with Crippen LogP contribution in [0, 0.1) is 17.8 Å². The van der Waals surface area contributed by atoms with E-state index in [4.69, 9.17) is 34.8 Å². The maximum absolute atomic E-state index is 14.0. The number of carbonyl (C=O) groups excluding carboxylic acids is 4. The fraction of sp³-hybridized carbons (Fsp3) is 0.556. The first kappa shape index (κ1) is 26.6. The number of imide groups is 2. The van der Waals surface area contributed by atoms with E-state index in [-0.39, 0.29) is 41.0 Å². The molecule has 0 radical (unpaired) electrons. The molecule has 4 amide bonds. The van der Waals surface area contributed by atoms with Crippen molar-refractivity contribution >= 4 is 74.4 Å². The van der Waals surface area contributed by atoms with Gasteiger partial charge in [-0.25, -0.2) is 0 Å². The predicted octanol–water partition coefficient (Wildman–Crippen LogP) is 5.09. The van der Waals surface area contributed by atoms with Gasteiger partial charge in [0, 0.05) is 22.5 Å². The zero-order valence-corrected chi connectivity index (χ0v) is 24.2. The Morgan fingerprint density at radius 3 is 2.39 bits per heavy atom. The van der Waals surface area contributed by atoms with Crippen molar-refractivity contribution in [2.75, 3.05) is 5.45 Å². The third-order valence-corrected chi connectivity index (χ3v) is 11.4. The zero-order chi connectivity index (χ0) is 27.1. The number of nitrogens with zero attached hydrogens (tertiary/aromatic N) is 2. The van der Waals surface area contributed by atoms with Crippen LogP contribution in [0.2, 0.25) is 5.02 Å². The van der Waals surface area contributed by atoms with Gasteiger partial charge in [-0.05, 0) is 49.8 Å². The number of allylic oxidation sites excluding steroid dienone is 2. The number of alkyl halides is 3. The second kappa shape index (κ2) is 9.22. The summed E-state index contributed by atoms with van der Waals surface area (Å²) in [6.07, 6.45) is 6.70. The molecular formula is C27H26BrCl3N2O5. The number of amides is 4. The van der Waals surface area contributed by atoms with E-state index in [0.29, 0.717) is 17.0 Å². The number of halogens is 4. The third-order valence-electron chi connectivity index (χ3n) is 9.29. The lowest BCUT2D eigenvalue weighted by Crippen LogP contribution is -2.60. The van der Waals surface area contributed by atoms with Crippen LogP contribution < -0.4 is 0 Å². The van der Waals surface area contributed by atoms with Crippen LogP contribution >= 0.6 is 50.7 Å². The van der Waals surface area contributed by atoms with Crippen LogP contribution in [0.3, 0.4) is 0 Å². The van der Waals surface area contributed by atoms with Crippen LogP contribution in [0.5, 0.6) is 5.75 Å². The van der Waals surface area contributed by atoms with E-state index in [0.717, 1.165) is 37.0 Å². The molecule has 11 heteroatoms. The Labute approximate surface area is 243 Å². The molecule has 1 aromatic rings. The summed E-state index contributed by atoms with van der Waals surface area (Å²) in [5.74, 6) is -4.84. The van der Waals surface area contributed by atoms with E-state index in [1.54, 1.807) is 0 Å². The van der Waals surface area contributed by atoms with Crippen molar-refractivity contribution < 1.29 is 24.3 Å². The van der Waals surface area contributed by atoms with Gasteiger partial charge in [0.2, 0.25) is 11.8 Å². The number of hydrogen-bond acceptors (Lipinski definition) is 5. The van der Waals surface area contributed by atoms with E-state index in [2.05, 4.69) is 15.9 Å². The molecule has 2 saturated heterocycles. The van der Waals surface area contributed by atoms with E-state index in [9.17, 15) is 24.3 Å². The van der Waals surface area contributed by atoms with E-state index < -0.39 is 45.2 Å². The Morgan fingerprint density at radius 1 is 1.00 bits per heavy atom. The molecule has 2 saturated carbocycles. The minimum atomic E-state index is -1.97. The molecule has 4 fully saturated rings. The average molecular weight is 645 g/mol. The smallest absolute Gasteiger partial charge is 0.254 e. The van der Waals surface area contributed by atoms with Gasteiger partial charge in [-0.1, -0.05) is 58.4 Å². The Balaban J connectivity index is 1.51. The highest BCUT2D eigenvalue weighted by Crippen LogP contribution is 2.66. The summed E-state index contributed by atoms with van der Waals surface area (Å²) in [6, 6.07) is 4.31. The number of carbonyl (C=O) groups is 4. The maximum atomic E-state index is 14.0. The lowest BCUT2D eigenvalue weighted by atomic mass is 9.56. The highest BCUT2D eigenvalue weighted by molar-refractivity contribution is 9.09. The van der Waals surface area contributed by atoms with E-state index >= 15 is 0 Å². The molecule has 6 atom stereocenters. The molecule has 7 nitrogen and oxygen atoms in total. The zero-order valence-electron chi connectivity index (χ0n) is 20.3. The number of hydrogen-bond donors (Lipinski definition) is 1. The fourth-order valence-electron chi connectivity index (χ4n) is 7.58. The van der Waals surface area contributed by atoms with Crippen LogP contribution in [-0.2, 0) is 19.2 Å². The first-order valence-corrected chi connectivity index (χ1v) is 15.2. The molecule has 0 bridgehead atoms. The van der Waals surface area contributed by atoms with Crippen molar-refractivity contribution in [1.29, 1.82) is 0 Å². The summed E-state index contributed by atoms with van der Waals surface area (Å²) in [5.41, 5.74) is 0.787. The predicted molar refractivity (Wildman–Crippen MR) is 145 cm³/mol. The monoisotopic (exact) mass is 642 g/mol. The molecule has 1 aromatic carbocycles. The van der Waals surface area contributed by atoms with Crippen LogP contribution in [0.25, 0.3) is 0 Å². The van der Waals surface area contributed by atoms with Gasteiger partial charge < -0.3 is 5.11 Å². The molecule has 0 aromatic heterocycles. The summed E-state index contributed by atoms with van der Waals surface area (Å²) in [6.45, 7) is 0. The Hall–Kier alpha value is -1.61. The number of rotatable bonds is 3. The number of phenols is 1. The van der Waals surface area contributed by atoms with Crippen molar-refractivity contribution in [2.24, 2.45) is 17.8 Å². The first-order valence-electron chi connectivity index (χ1n) is 12.9. The lowest BCUT2D eigenvalue weighted by Gasteiger charge is -2.50. The molecule has 6 unspecified atom stereocenters. The fourth-order valence-corrected chi connectivity index (χ4v) is 9.18. The molecule has 3 aliphatic carbocycles. The molecule has 2 heterocycles. The van der Waals surface area contributed by atoms with Crippen molar-refractivity contribution in [2.45, 2.75) is 66.7 Å². The molecule has 1 N–H and O–H groups in total. The standard InChI is InChI=1S/C27H26BrCl3N2O5/c28-12-32-24(37)26(30)11-18-15(21(27(26,31)25(32)38)17-10-13(29)6-9-19(17)34)7-8-16-20(18)23(36)33(22(16)35)14-4-2-1-3-5-14/h6-7,9-10,14,16,18,20-21,34H,1-5,8,11-12H2. The summed E-state index contributed by atoms with van der Waals surface area (Å²) in [4.78, 5) is 53.5. The van der Waals surface area contributed by atoms with Gasteiger partial charge in [0.1, 0.15) is 5.75 Å². The van der Waals surface area contributed by atoms with Gasteiger partial charge in [0.15, 0.2) is 9.75 Å². The molecule has 6 rings (SSSR count). The minimum Gasteiger partial charge on any atom is -0.508 e. The number of aromatic hydroxyl groups is 1. The Kier molecular flexibility index (Phi) is 6.45. The Morgan fingerprint density at radius 2 is 1.71 bits per heavy atom.